The van der Waals surface area contributed by atoms with Crippen LogP contribution in [0.3, 0.4) is 0 Å². The van der Waals surface area contributed by atoms with E-state index in [1.54, 1.807) is 18.3 Å². The molecule has 0 aliphatic heterocycles. The third-order valence-electron chi connectivity index (χ3n) is 5.82. The zero-order chi connectivity index (χ0) is 20.4. The van der Waals surface area contributed by atoms with Crippen LogP contribution >= 0.6 is 11.6 Å². The van der Waals surface area contributed by atoms with Crippen LogP contribution in [0.15, 0.2) is 54.8 Å². The minimum atomic E-state index is -0.227. The van der Waals surface area contributed by atoms with Crippen LogP contribution in [-0.4, -0.2) is 22.5 Å². The number of allylic oxidation sites excluding steroid dienone is 4. The predicted octanol–water partition coefficient (Wildman–Crippen LogP) is 4.90. The van der Waals surface area contributed by atoms with Crippen molar-refractivity contribution in [3.8, 4) is 5.75 Å². The molecular formula is C23H24ClN3O2. The second-order valence-electron chi connectivity index (χ2n) is 7.80. The first-order valence-electron chi connectivity index (χ1n) is 9.81. The second-order valence-corrected chi connectivity index (χ2v) is 8.23. The van der Waals surface area contributed by atoms with E-state index >= 15 is 0 Å². The average molecular weight is 410 g/mol. The summed E-state index contributed by atoms with van der Waals surface area (Å²) in [6, 6.07) is 7.18. The van der Waals surface area contributed by atoms with E-state index in [1.165, 1.54) is 0 Å². The van der Waals surface area contributed by atoms with Crippen LogP contribution < -0.4 is 10.1 Å². The molecule has 1 fully saturated rings. The summed E-state index contributed by atoms with van der Waals surface area (Å²) in [6.45, 7) is 4.23. The molecule has 6 heteroatoms. The van der Waals surface area contributed by atoms with E-state index in [0.717, 1.165) is 30.0 Å². The van der Waals surface area contributed by atoms with Gasteiger partial charge in [-0.1, -0.05) is 35.9 Å². The fourth-order valence-corrected chi connectivity index (χ4v) is 4.17. The van der Waals surface area contributed by atoms with E-state index in [-0.39, 0.29) is 23.2 Å². The Balaban J connectivity index is 1.50. The van der Waals surface area contributed by atoms with Gasteiger partial charge < -0.3 is 10.1 Å². The molecule has 0 radical (unpaired) electrons. The Morgan fingerprint density at radius 2 is 2.07 bits per heavy atom. The summed E-state index contributed by atoms with van der Waals surface area (Å²) < 4.78 is 6.14. The summed E-state index contributed by atoms with van der Waals surface area (Å²) in [5.74, 6) is 1.58. The van der Waals surface area contributed by atoms with Gasteiger partial charge in [-0.25, -0.2) is 9.97 Å². The van der Waals surface area contributed by atoms with E-state index < -0.39 is 0 Å². The smallest absolute Gasteiger partial charge is 0.228 e. The van der Waals surface area contributed by atoms with Crippen molar-refractivity contribution in [1.29, 1.82) is 0 Å². The van der Waals surface area contributed by atoms with Gasteiger partial charge in [0.2, 0.25) is 5.91 Å². The minimum Gasteiger partial charge on any atom is -0.489 e. The van der Waals surface area contributed by atoms with Crippen LogP contribution in [-0.2, 0) is 4.79 Å². The number of halogens is 1. The van der Waals surface area contributed by atoms with E-state index in [9.17, 15) is 4.79 Å². The van der Waals surface area contributed by atoms with Gasteiger partial charge in [0.15, 0.2) is 5.75 Å². The number of hydrogen-bond acceptors (Lipinski definition) is 4. The molecule has 0 spiro atoms. The van der Waals surface area contributed by atoms with Crippen LogP contribution in [0.5, 0.6) is 5.75 Å². The van der Waals surface area contributed by atoms with Gasteiger partial charge in [0.25, 0.3) is 0 Å². The highest BCUT2D eigenvalue weighted by Crippen LogP contribution is 2.60. The molecule has 5 nitrogen and oxygen atoms in total. The Labute approximate surface area is 175 Å². The Morgan fingerprint density at radius 3 is 2.76 bits per heavy atom. The van der Waals surface area contributed by atoms with Crippen molar-refractivity contribution in [1.82, 2.24) is 9.97 Å². The SMILES string of the molecule is Cc1ncc(OC[C@@]2(C3C=CC=CC3)C[C@H]2C(=O)Nc2ccc(Cl)cc2)c(C)n1. The number of carbonyl (C=O) groups is 1. The molecular weight excluding hydrogens is 386 g/mol. The molecule has 1 aromatic heterocycles. The summed E-state index contributed by atoms with van der Waals surface area (Å²) in [4.78, 5) is 21.6. The first-order chi connectivity index (χ1) is 14.0. The Kier molecular flexibility index (Phi) is 5.41. The molecule has 0 bridgehead atoms. The molecule has 3 atom stereocenters. The third kappa shape index (κ3) is 4.20. The molecule has 1 heterocycles. The van der Waals surface area contributed by atoms with E-state index in [4.69, 9.17) is 16.3 Å². The fraction of sp³-hybridized carbons (Fsp3) is 0.348. The number of aryl methyl sites for hydroxylation is 2. The minimum absolute atomic E-state index is 0.0238. The summed E-state index contributed by atoms with van der Waals surface area (Å²) in [7, 11) is 0. The molecule has 4 rings (SSSR count). The van der Waals surface area contributed by atoms with Crippen molar-refractivity contribution in [2.24, 2.45) is 17.3 Å². The predicted molar refractivity (Wildman–Crippen MR) is 114 cm³/mol. The normalized spacial score (nSPS) is 24.9. The maximum absolute atomic E-state index is 13.0. The van der Waals surface area contributed by atoms with Crippen molar-refractivity contribution in [2.45, 2.75) is 26.7 Å². The number of rotatable bonds is 6. The number of aromatic nitrogens is 2. The topological polar surface area (TPSA) is 64.1 Å². The number of amides is 1. The Bertz CT molecular complexity index is 971. The van der Waals surface area contributed by atoms with Crippen LogP contribution in [0.1, 0.15) is 24.4 Å². The lowest BCUT2D eigenvalue weighted by Gasteiger charge is -2.26. The van der Waals surface area contributed by atoms with Crippen molar-refractivity contribution in [3.63, 3.8) is 0 Å². The van der Waals surface area contributed by atoms with Gasteiger partial charge in [-0.2, -0.15) is 0 Å². The molecule has 1 N–H and O–H groups in total. The van der Waals surface area contributed by atoms with Crippen LogP contribution in [0.2, 0.25) is 5.02 Å². The van der Waals surface area contributed by atoms with Gasteiger partial charge in [-0.15, -0.1) is 0 Å². The van der Waals surface area contributed by atoms with Crippen molar-refractivity contribution >= 4 is 23.2 Å². The zero-order valence-electron chi connectivity index (χ0n) is 16.6. The number of carbonyl (C=O) groups excluding carboxylic acids is 1. The summed E-state index contributed by atoms with van der Waals surface area (Å²) in [6.07, 6.45) is 11.9. The molecule has 1 unspecified atom stereocenters. The summed E-state index contributed by atoms with van der Waals surface area (Å²) in [5, 5.41) is 3.67. The van der Waals surface area contributed by atoms with Gasteiger partial charge in [0, 0.05) is 22.0 Å². The first-order valence-corrected chi connectivity index (χ1v) is 10.2. The van der Waals surface area contributed by atoms with Crippen molar-refractivity contribution in [2.75, 3.05) is 11.9 Å². The van der Waals surface area contributed by atoms with Gasteiger partial charge in [-0.3, -0.25) is 4.79 Å². The molecule has 1 saturated carbocycles. The molecule has 2 aromatic rings. The maximum atomic E-state index is 13.0. The lowest BCUT2D eigenvalue weighted by atomic mass is 9.82. The lowest BCUT2D eigenvalue weighted by molar-refractivity contribution is -0.118. The van der Waals surface area contributed by atoms with Crippen molar-refractivity contribution in [3.05, 3.63) is 71.3 Å². The number of nitrogens with one attached hydrogen (secondary N) is 1. The number of nitrogens with zero attached hydrogens (tertiary/aromatic N) is 2. The number of anilines is 1. The van der Waals surface area contributed by atoms with Crippen LogP contribution in [0.4, 0.5) is 5.69 Å². The van der Waals surface area contributed by atoms with E-state index in [0.29, 0.717) is 17.4 Å². The standard InChI is InChI=1S/C23H24ClN3O2/c1-15-21(13-25-16(2)26-15)29-14-23(17-6-4-3-5-7-17)12-20(23)22(28)27-19-10-8-18(24)9-11-19/h3-6,8-11,13,17,20H,7,12,14H2,1-2H3,(H,27,28)/t17?,20-,23+/m0/s1. The summed E-state index contributed by atoms with van der Waals surface area (Å²) in [5.41, 5.74) is 1.34. The largest absolute Gasteiger partial charge is 0.489 e. The first kappa shape index (κ1) is 19.6. The average Bonchev–Trinajstić information content (AvgIpc) is 3.46. The van der Waals surface area contributed by atoms with Gasteiger partial charge in [0.05, 0.1) is 18.5 Å². The Hall–Kier alpha value is -2.66. The fourth-order valence-electron chi connectivity index (χ4n) is 4.05. The maximum Gasteiger partial charge on any atom is 0.228 e. The lowest BCUT2D eigenvalue weighted by Crippen LogP contribution is -2.29. The third-order valence-corrected chi connectivity index (χ3v) is 6.07. The molecule has 2 aliphatic rings. The molecule has 1 aromatic carbocycles. The van der Waals surface area contributed by atoms with E-state index in [2.05, 4.69) is 33.5 Å². The van der Waals surface area contributed by atoms with Gasteiger partial charge in [0.1, 0.15) is 5.82 Å². The highest BCUT2D eigenvalue weighted by Gasteiger charge is 2.62. The van der Waals surface area contributed by atoms with Gasteiger partial charge in [-0.05, 0) is 56.9 Å². The molecule has 1 amide bonds. The zero-order valence-corrected chi connectivity index (χ0v) is 17.3. The number of benzene rings is 1. The molecule has 150 valence electrons. The summed E-state index contributed by atoms with van der Waals surface area (Å²) >= 11 is 5.94. The molecule has 0 saturated heterocycles. The number of ether oxygens (including phenoxy) is 1. The highest BCUT2D eigenvalue weighted by atomic mass is 35.5. The number of hydrogen-bond donors (Lipinski definition) is 1. The highest BCUT2D eigenvalue weighted by molar-refractivity contribution is 6.30. The second kappa shape index (κ2) is 7.99. The van der Waals surface area contributed by atoms with Gasteiger partial charge >= 0.3 is 0 Å². The monoisotopic (exact) mass is 409 g/mol. The van der Waals surface area contributed by atoms with Crippen molar-refractivity contribution < 1.29 is 9.53 Å². The Morgan fingerprint density at radius 1 is 1.28 bits per heavy atom. The van der Waals surface area contributed by atoms with E-state index in [1.807, 2.05) is 32.1 Å². The van der Waals surface area contributed by atoms with Crippen LogP contribution in [0, 0.1) is 31.1 Å². The molecule has 29 heavy (non-hydrogen) atoms. The quantitative estimate of drug-likeness (QED) is 0.736. The van der Waals surface area contributed by atoms with Crippen LogP contribution in [0.25, 0.3) is 0 Å². The molecule has 2 aliphatic carbocycles.